The van der Waals surface area contributed by atoms with Gasteiger partial charge in [-0.1, -0.05) is 18.2 Å². The first-order chi connectivity index (χ1) is 9.65. The summed E-state index contributed by atoms with van der Waals surface area (Å²) < 4.78 is 2.23. The van der Waals surface area contributed by atoms with Crippen LogP contribution in [0.4, 0.5) is 0 Å². The molecule has 1 fully saturated rings. The van der Waals surface area contributed by atoms with Gasteiger partial charge in [0, 0.05) is 42.8 Å². The van der Waals surface area contributed by atoms with Gasteiger partial charge in [0.25, 0.3) is 0 Å². The van der Waals surface area contributed by atoms with E-state index in [0.29, 0.717) is 12.1 Å². The van der Waals surface area contributed by atoms with Crippen LogP contribution in [0.3, 0.4) is 0 Å². The van der Waals surface area contributed by atoms with Gasteiger partial charge in [-0.3, -0.25) is 0 Å². The molecule has 0 bridgehead atoms. The monoisotopic (exact) mass is 271 g/mol. The van der Waals surface area contributed by atoms with E-state index >= 15 is 0 Å². The zero-order valence-electron chi connectivity index (χ0n) is 12.8. The molecule has 2 heterocycles. The molecule has 3 heteroatoms. The fourth-order valence-corrected chi connectivity index (χ4v) is 3.30. The van der Waals surface area contributed by atoms with Gasteiger partial charge in [-0.25, -0.2) is 0 Å². The molecule has 1 aliphatic rings. The Hall–Kier alpha value is -1.32. The normalized spacial score (nSPS) is 24.4. The molecule has 0 spiro atoms. The summed E-state index contributed by atoms with van der Waals surface area (Å²) in [6, 6.07) is 10.00. The van der Waals surface area contributed by atoms with Gasteiger partial charge in [-0.15, -0.1) is 0 Å². The van der Waals surface area contributed by atoms with Crippen LogP contribution in [0.5, 0.6) is 0 Å². The minimum atomic E-state index is 0.653. The van der Waals surface area contributed by atoms with Gasteiger partial charge < -0.3 is 14.8 Å². The maximum Gasteiger partial charge on any atom is 0.0481 e. The number of piperidine rings is 1. The first-order valence-electron chi connectivity index (χ1n) is 7.61. The van der Waals surface area contributed by atoms with Crippen LogP contribution in [0.2, 0.25) is 0 Å². The van der Waals surface area contributed by atoms with Crippen molar-refractivity contribution in [1.29, 1.82) is 0 Å². The Morgan fingerprint density at radius 1 is 1.25 bits per heavy atom. The van der Waals surface area contributed by atoms with Crippen molar-refractivity contribution in [3.8, 4) is 0 Å². The second-order valence-corrected chi connectivity index (χ2v) is 6.21. The molecule has 0 radical (unpaired) electrons. The number of rotatable bonds is 3. The average molecular weight is 271 g/mol. The highest BCUT2D eigenvalue weighted by atomic mass is 15.1. The van der Waals surface area contributed by atoms with E-state index in [1.165, 1.54) is 35.9 Å². The predicted octanol–water partition coefficient (Wildman–Crippen LogP) is 2.75. The molecule has 1 aliphatic heterocycles. The molecular formula is C17H25N3. The standard InChI is InChI=1S/C17H25N3/c1-13-10-15(8-9-19(13)2)18-11-14-12-20(3)17-7-5-4-6-16(14)17/h4-7,12-13,15,18H,8-11H2,1-3H3. The van der Waals surface area contributed by atoms with Crippen LogP contribution in [-0.4, -0.2) is 35.1 Å². The van der Waals surface area contributed by atoms with Crippen molar-refractivity contribution in [3.63, 3.8) is 0 Å². The molecule has 20 heavy (non-hydrogen) atoms. The van der Waals surface area contributed by atoms with Gasteiger partial charge >= 0.3 is 0 Å². The number of aryl methyl sites for hydroxylation is 1. The van der Waals surface area contributed by atoms with Crippen LogP contribution in [0.25, 0.3) is 10.9 Å². The molecule has 3 rings (SSSR count). The number of aromatic nitrogens is 1. The van der Waals surface area contributed by atoms with Crippen molar-refractivity contribution in [3.05, 3.63) is 36.0 Å². The van der Waals surface area contributed by atoms with E-state index in [1.54, 1.807) is 0 Å². The number of fused-ring (bicyclic) bond motifs is 1. The Kier molecular flexibility index (Phi) is 3.81. The summed E-state index contributed by atoms with van der Waals surface area (Å²) >= 11 is 0. The number of para-hydroxylation sites is 1. The van der Waals surface area contributed by atoms with Crippen LogP contribution in [0.15, 0.2) is 30.5 Å². The molecule has 3 nitrogen and oxygen atoms in total. The first-order valence-corrected chi connectivity index (χ1v) is 7.61. The van der Waals surface area contributed by atoms with Gasteiger partial charge in [-0.2, -0.15) is 0 Å². The van der Waals surface area contributed by atoms with E-state index in [-0.39, 0.29) is 0 Å². The van der Waals surface area contributed by atoms with Crippen molar-refractivity contribution in [2.75, 3.05) is 13.6 Å². The molecule has 1 saturated heterocycles. The summed E-state index contributed by atoms with van der Waals surface area (Å²) in [4.78, 5) is 2.45. The van der Waals surface area contributed by atoms with Crippen molar-refractivity contribution in [2.24, 2.45) is 7.05 Å². The van der Waals surface area contributed by atoms with Crippen molar-refractivity contribution in [2.45, 2.75) is 38.4 Å². The third kappa shape index (κ3) is 2.60. The fraction of sp³-hybridized carbons (Fsp3) is 0.529. The Balaban J connectivity index is 1.68. The summed E-state index contributed by atoms with van der Waals surface area (Å²) in [5.74, 6) is 0. The lowest BCUT2D eigenvalue weighted by Crippen LogP contribution is -2.45. The lowest BCUT2D eigenvalue weighted by atomic mass is 9.98. The lowest BCUT2D eigenvalue weighted by molar-refractivity contribution is 0.168. The van der Waals surface area contributed by atoms with Crippen LogP contribution in [0, 0.1) is 0 Å². The molecule has 2 atom stereocenters. The van der Waals surface area contributed by atoms with Gasteiger partial charge in [0.1, 0.15) is 0 Å². The molecule has 1 N–H and O–H groups in total. The zero-order valence-corrected chi connectivity index (χ0v) is 12.8. The number of benzene rings is 1. The van der Waals surface area contributed by atoms with Gasteiger partial charge in [0.05, 0.1) is 0 Å². The Bertz CT molecular complexity index is 587. The second-order valence-electron chi connectivity index (χ2n) is 6.21. The second kappa shape index (κ2) is 5.58. The lowest BCUT2D eigenvalue weighted by Gasteiger charge is -2.35. The zero-order chi connectivity index (χ0) is 14.1. The maximum atomic E-state index is 3.75. The highest BCUT2D eigenvalue weighted by Gasteiger charge is 2.22. The highest BCUT2D eigenvalue weighted by Crippen LogP contribution is 2.21. The molecular weight excluding hydrogens is 246 g/mol. The smallest absolute Gasteiger partial charge is 0.0481 e. The number of likely N-dealkylation sites (tertiary alicyclic amines) is 1. The van der Waals surface area contributed by atoms with E-state index in [0.717, 1.165) is 6.54 Å². The summed E-state index contributed by atoms with van der Waals surface area (Å²) in [7, 11) is 4.36. The molecule has 2 unspecified atom stereocenters. The Morgan fingerprint density at radius 2 is 2.05 bits per heavy atom. The van der Waals surface area contributed by atoms with E-state index in [9.17, 15) is 0 Å². The summed E-state index contributed by atoms with van der Waals surface area (Å²) in [6.07, 6.45) is 4.77. The Labute approximate surface area is 121 Å². The number of hydrogen-bond acceptors (Lipinski definition) is 2. The van der Waals surface area contributed by atoms with Gasteiger partial charge in [0.2, 0.25) is 0 Å². The van der Waals surface area contributed by atoms with Crippen LogP contribution in [-0.2, 0) is 13.6 Å². The third-order valence-electron chi connectivity index (χ3n) is 4.77. The number of nitrogens with zero attached hydrogens (tertiary/aromatic N) is 2. The summed E-state index contributed by atoms with van der Waals surface area (Å²) in [6.45, 7) is 4.50. The molecule has 1 aromatic carbocycles. The molecule has 2 aromatic rings. The maximum absolute atomic E-state index is 3.75. The van der Waals surface area contributed by atoms with Crippen LogP contribution in [0.1, 0.15) is 25.3 Å². The number of nitrogens with one attached hydrogen (secondary N) is 1. The van der Waals surface area contributed by atoms with Crippen LogP contribution < -0.4 is 5.32 Å². The summed E-state index contributed by atoms with van der Waals surface area (Å²) in [5, 5.41) is 5.13. The molecule has 0 saturated carbocycles. The molecule has 108 valence electrons. The minimum absolute atomic E-state index is 0.653. The largest absolute Gasteiger partial charge is 0.350 e. The quantitative estimate of drug-likeness (QED) is 0.926. The van der Waals surface area contributed by atoms with Crippen LogP contribution >= 0.6 is 0 Å². The van der Waals surface area contributed by atoms with E-state index in [1.807, 2.05) is 0 Å². The molecule has 1 aromatic heterocycles. The summed E-state index contributed by atoms with van der Waals surface area (Å²) in [5.41, 5.74) is 2.73. The van der Waals surface area contributed by atoms with Crippen molar-refractivity contribution >= 4 is 10.9 Å². The van der Waals surface area contributed by atoms with Crippen molar-refractivity contribution in [1.82, 2.24) is 14.8 Å². The van der Waals surface area contributed by atoms with E-state index in [2.05, 4.69) is 66.3 Å². The molecule has 0 amide bonds. The van der Waals surface area contributed by atoms with E-state index < -0.39 is 0 Å². The fourth-order valence-electron chi connectivity index (χ4n) is 3.30. The predicted molar refractivity (Wildman–Crippen MR) is 84.9 cm³/mol. The number of hydrogen-bond donors (Lipinski definition) is 1. The average Bonchev–Trinajstić information content (AvgIpc) is 2.78. The SMILES string of the molecule is CC1CC(NCc2cn(C)c3ccccc23)CCN1C. The van der Waals surface area contributed by atoms with Gasteiger partial charge in [-0.05, 0) is 45.0 Å². The Morgan fingerprint density at radius 3 is 2.85 bits per heavy atom. The third-order valence-corrected chi connectivity index (χ3v) is 4.77. The minimum Gasteiger partial charge on any atom is -0.350 e. The van der Waals surface area contributed by atoms with E-state index in [4.69, 9.17) is 0 Å². The highest BCUT2D eigenvalue weighted by molar-refractivity contribution is 5.83. The topological polar surface area (TPSA) is 20.2 Å². The first kappa shape index (κ1) is 13.7. The van der Waals surface area contributed by atoms with Crippen molar-refractivity contribution < 1.29 is 0 Å². The molecule has 0 aliphatic carbocycles. The van der Waals surface area contributed by atoms with Gasteiger partial charge in [0.15, 0.2) is 0 Å².